The molecule has 0 rings (SSSR count). The third kappa shape index (κ3) is 14.7. The predicted octanol–water partition coefficient (Wildman–Crippen LogP) is 5.63. The van der Waals surface area contributed by atoms with Crippen molar-refractivity contribution in [2.45, 2.75) is 84.2 Å². The van der Waals surface area contributed by atoms with Crippen LogP contribution in [0.25, 0.3) is 0 Å². The van der Waals surface area contributed by atoms with Gasteiger partial charge in [0.05, 0.1) is 5.60 Å². The van der Waals surface area contributed by atoms with Gasteiger partial charge in [-0.1, -0.05) is 89.0 Å². The number of nitrogens with one attached hydrogen (secondary N) is 1. The molecule has 0 aromatic rings. The lowest BCUT2D eigenvalue weighted by atomic mass is 9.91. The zero-order valence-corrected chi connectivity index (χ0v) is 17.0. The Morgan fingerprint density at radius 2 is 1.58 bits per heavy atom. The summed E-state index contributed by atoms with van der Waals surface area (Å²) in [5, 5.41) is 13.5. The highest BCUT2D eigenvalue weighted by molar-refractivity contribution is 5.87. The van der Waals surface area contributed by atoms with Crippen molar-refractivity contribution in [2.24, 2.45) is 0 Å². The number of unbranched alkanes of at least 4 members (excludes halogenated alkanes) is 3. The Morgan fingerprint density at radius 1 is 0.885 bits per heavy atom. The maximum atomic E-state index is 11.9. The third-order valence-corrected chi connectivity index (χ3v) is 4.16. The Labute approximate surface area is 161 Å². The van der Waals surface area contributed by atoms with Crippen LogP contribution in [-0.2, 0) is 4.79 Å². The van der Waals surface area contributed by atoms with Crippen LogP contribution < -0.4 is 5.32 Å². The number of rotatable bonds is 15. The number of aliphatic hydroxyl groups is 1. The SMILES string of the molecule is CCC=CC=CC=CCCC=CC(=O)NCC(O)(CCC)CCCCC. The number of carbonyl (C=O) groups excluding carboxylic acids is 1. The molecule has 26 heavy (non-hydrogen) atoms. The van der Waals surface area contributed by atoms with Crippen molar-refractivity contribution in [3.05, 3.63) is 48.6 Å². The van der Waals surface area contributed by atoms with Gasteiger partial charge >= 0.3 is 0 Å². The van der Waals surface area contributed by atoms with Gasteiger partial charge in [-0.3, -0.25) is 4.79 Å². The minimum Gasteiger partial charge on any atom is -0.388 e. The van der Waals surface area contributed by atoms with E-state index in [0.717, 1.165) is 57.8 Å². The van der Waals surface area contributed by atoms with Crippen LogP contribution in [0.3, 0.4) is 0 Å². The molecule has 148 valence electrons. The molecule has 2 N–H and O–H groups in total. The lowest BCUT2D eigenvalue weighted by molar-refractivity contribution is -0.118. The van der Waals surface area contributed by atoms with Gasteiger partial charge < -0.3 is 10.4 Å². The molecule has 0 aromatic heterocycles. The van der Waals surface area contributed by atoms with Crippen molar-refractivity contribution >= 4 is 5.91 Å². The minimum atomic E-state index is -0.769. The van der Waals surface area contributed by atoms with Crippen LogP contribution >= 0.6 is 0 Å². The first kappa shape index (κ1) is 24.4. The van der Waals surface area contributed by atoms with Crippen molar-refractivity contribution < 1.29 is 9.90 Å². The Hall–Kier alpha value is -1.61. The second-order valence-electron chi connectivity index (χ2n) is 6.78. The fourth-order valence-corrected chi connectivity index (χ4v) is 2.68. The van der Waals surface area contributed by atoms with Crippen LogP contribution in [0.4, 0.5) is 0 Å². The summed E-state index contributed by atoms with van der Waals surface area (Å²) in [7, 11) is 0. The molecule has 0 bridgehead atoms. The smallest absolute Gasteiger partial charge is 0.243 e. The van der Waals surface area contributed by atoms with Crippen LogP contribution in [0.5, 0.6) is 0 Å². The molecule has 0 aromatic carbocycles. The molecule has 0 radical (unpaired) electrons. The Bertz CT molecular complexity index is 463. The van der Waals surface area contributed by atoms with E-state index in [9.17, 15) is 9.90 Å². The van der Waals surface area contributed by atoms with E-state index in [1.54, 1.807) is 6.08 Å². The van der Waals surface area contributed by atoms with E-state index in [4.69, 9.17) is 0 Å². The molecule has 1 amide bonds. The van der Waals surface area contributed by atoms with E-state index in [1.807, 2.05) is 30.4 Å². The zero-order valence-electron chi connectivity index (χ0n) is 17.0. The second-order valence-corrected chi connectivity index (χ2v) is 6.78. The van der Waals surface area contributed by atoms with Crippen molar-refractivity contribution in [3.63, 3.8) is 0 Å². The summed E-state index contributed by atoms with van der Waals surface area (Å²) < 4.78 is 0. The van der Waals surface area contributed by atoms with E-state index in [2.05, 4.69) is 38.2 Å². The first-order valence-electron chi connectivity index (χ1n) is 10.2. The highest BCUT2D eigenvalue weighted by Gasteiger charge is 2.25. The summed E-state index contributed by atoms with van der Waals surface area (Å²) in [5.74, 6) is -0.122. The molecule has 0 heterocycles. The van der Waals surface area contributed by atoms with Crippen LogP contribution in [0, 0.1) is 0 Å². The van der Waals surface area contributed by atoms with Gasteiger partial charge in [0.1, 0.15) is 0 Å². The van der Waals surface area contributed by atoms with Gasteiger partial charge in [-0.25, -0.2) is 0 Å². The van der Waals surface area contributed by atoms with Gasteiger partial charge in [0, 0.05) is 6.54 Å². The fraction of sp³-hybridized carbons (Fsp3) is 0.609. The van der Waals surface area contributed by atoms with Crippen LogP contribution in [-0.4, -0.2) is 23.2 Å². The summed E-state index contributed by atoms with van der Waals surface area (Å²) in [6.07, 6.45) is 24.2. The molecule has 3 nitrogen and oxygen atoms in total. The molecule has 0 spiro atoms. The van der Waals surface area contributed by atoms with E-state index in [0.29, 0.717) is 6.54 Å². The molecular formula is C23H39NO2. The van der Waals surface area contributed by atoms with Gasteiger partial charge in [-0.05, 0) is 38.2 Å². The zero-order chi connectivity index (χ0) is 19.5. The number of carbonyl (C=O) groups is 1. The maximum Gasteiger partial charge on any atom is 0.243 e. The monoisotopic (exact) mass is 361 g/mol. The average molecular weight is 362 g/mol. The molecule has 0 saturated carbocycles. The average Bonchev–Trinajstić information content (AvgIpc) is 2.62. The quantitative estimate of drug-likeness (QED) is 0.226. The molecule has 0 aliphatic carbocycles. The molecule has 0 aliphatic heterocycles. The normalized spacial score (nSPS) is 14.8. The van der Waals surface area contributed by atoms with Gasteiger partial charge in [-0.15, -0.1) is 0 Å². The van der Waals surface area contributed by atoms with Gasteiger partial charge in [0.25, 0.3) is 0 Å². The first-order valence-corrected chi connectivity index (χ1v) is 10.2. The van der Waals surface area contributed by atoms with Crippen molar-refractivity contribution in [3.8, 4) is 0 Å². The third-order valence-electron chi connectivity index (χ3n) is 4.16. The summed E-state index contributed by atoms with van der Waals surface area (Å²) in [6.45, 7) is 6.67. The van der Waals surface area contributed by atoms with Crippen LogP contribution in [0.15, 0.2) is 48.6 Å². The molecule has 1 atom stereocenters. The highest BCUT2D eigenvalue weighted by Crippen LogP contribution is 2.20. The standard InChI is InChI=1S/C23H39NO2/c1-4-7-9-10-11-12-13-14-15-16-18-22(25)24-21-23(26,19-6-3)20-17-8-5-2/h7,9-13,16,18,26H,4-6,8,14-15,17,19-21H2,1-3H3,(H,24,25). The summed E-state index contributed by atoms with van der Waals surface area (Å²) in [5.41, 5.74) is -0.769. The Morgan fingerprint density at radius 3 is 2.23 bits per heavy atom. The number of hydrogen-bond donors (Lipinski definition) is 2. The van der Waals surface area contributed by atoms with Gasteiger partial charge in [0.2, 0.25) is 5.91 Å². The first-order chi connectivity index (χ1) is 12.6. The van der Waals surface area contributed by atoms with Crippen molar-refractivity contribution in [1.29, 1.82) is 0 Å². The van der Waals surface area contributed by atoms with E-state index in [-0.39, 0.29) is 5.91 Å². The Balaban J connectivity index is 4.06. The maximum absolute atomic E-state index is 11.9. The van der Waals surface area contributed by atoms with E-state index < -0.39 is 5.60 Å². The second kappa shape index (κ2) is 16.8. The molecule has 3 heteroatoms. The molecule has 0 saturated heterocycles. The fourth-order valence-electron chi connectivity index (χ4n) is 2.68. The summed E-state index contributed by atoms with van der Waals surface area (Å²) >= 11 is 0. The van der Waals surface area contributed by atoms with E-state index in [1.165, 1.54) is 0 Å². The Kier molecular flexibility index (Phi) is 15.8. The topological polar surface area (TPSA) is 49.3 Å². The predicted molar refractivity (Wildman–Crippen MR) is 113 cm³/mol. The summed E-state index contributed by atoms with van der Waals surface area (Å²) in [4.78, 5) is 11.9. The minimum absolute atomic E-state index is 0.122. The lowest BCUT2D eigenvalue weighted by Gasteiger charge is -2.28. The molecular weight excluding hydrogens is 322 g/mol. The van der Waals surface area contributed by atoms with Crippen molar-refractivity contribution in [2.75, 3.05) is 6.54 Å². The molecule has 1 unspecified atom stereocenters. The van der Waals surface area contributed by atoms with Crippen molar-refractivity contribution in [1.82, 2.24) is 5.32 Å². The summed E-state index contributed by atoms with van der Waals surface area (Å²) in [6, 6.07) is 0. The lowest BCUT2D eigenvalue weighted by Crippen LogP contribution is -2.42. The largest absolute Gasteiger partial charge is 0.388 e. The molecule has 0 fully saturated rings. The number of amides is 1. The molecule has 0 aliphatic rings. The van der Waals surface area contributed by atoms with Crippen LogP contribution in [0.1, 0.15) is 78.6 Å². The van der Waals surface area contributed by atoms with E-state index >= 15 is 0 Å². The highest BCUT2D eigenvalue weighted by atomic mass is 16.3. The van der Waals surface area contributed by atoms with Gasteiger partial charge in [0.15, 0.2) is 0 Å². The van der Waals surface area contributed by atoms with Gasteiger partial charge in [-0.2, -0.15) is 0 Å². The number of hydrogen-bond acceptors (Lipinski definition) is 2. The number of allylic oxidation sites excluding steroid dienone is 7. The van der Waals surface area contributed by atoms with Crippen LogP contribution in [0.2, 0.25) is 0 Å².